The molecule has 0 aromatic heterocycles. The number of aryl methyl sites for hydroxylation is 1. The lowest BCUT2D eigenvalue weighted by Crippen LogP contribution is -2.28. The summed E-state index contributed by atoms with van der Waals surface area (Å²) in [5, 5.41) is 7.13. The van der Waals surface area contributed by atoms with Gasteiger partial charge in [0, 0.05) is 6.04 Å². The minimum absolute atomic E-state index is 0.760. The molecule has 1 aliphatic rings. The SMILES string of the molecule is Cc1ccc(CCNCCC2CCCN2)c(C)c1C. The van der Waals surface area contributed by atoms with Gasteiger partial charge in [-0.2, -0.15) is 0 Å². The summed E-state index contributed by atoms with van der Waals surface area (Å²) in [5.74, 6) is 0. The Kier molecular flexibility index (Phi) is 5.41. The van der Waals surface area contributed by atoms with Crippen molar-refractivity contribution in [2.45, 2.75) is 52.5 Å². The van der Waals surface area contributed by atoms with Crippen molar-refractivity contribution < 1.29 is 0 Å². The Balaban J connectivity index is 1.69. The Labute approximate surface area is 118 Å². The summed E-state index contributed by atoms with van der Waals surface area (Å²) < 4.78 is 0. The van der Waals surface area contributed by atoms with Crippen LogP contribution >= 0.6 is 0 Å². The van der Waals surface area contributed by atoms with Gasteiger partial charge in [-0.15, -0.1) is 0 Å². The third-order valence-corrected chi connectivity index (χ3v) is 4.57. The van der Waals surface area contributed by atoms with Crippen molar-refractivity contribution in [3.63, 3.8) is 0 Å². The number of rotatable bonds is 6. The van der Waals surface area contributed by atoms with E-state index in [9.17, 15) is 0 Å². The predicted octanol–water partition coefficient (Wildman–Crippen LogP) is 2.89. The average molecular weight is 260 g/mol. The first-order valence-electron chi connectivity index (χ1n) is 7.68. The van der Waals surface area contributed by atoms with Gasteiger partial charge in [0.05, 0.1) is 0 Å². The van der Waals surface area contributed by atoms with E-state index in [4.69, 9.17) is 0 Å². The maximum Gasteiger partial charge on any atom is 0.00796 e. The Morgan fingerprint density at radius 1 is 1.16 bits per heavy atom. The monoisotopic (exact) mass is 260 g/mol. The van der Waals surface area contributed by atoms with E-state index in [1.54, 1.807) is 0 Å². The highest BCUT2D eigenvalue weighted by molar-refractivity contribution is 5.38. The summed E-state index contributed by atoms with van der Waals surface area (Å²) in [6.45, 7) is 10.1. The smallest absolute Gasteiger partial charge is 0.00796 e. The second-order valence-corrected chi connectivity index (χ2v) is 5.87. The zero-order valence-corrected chi connectivity index (χ0v) is 12.7. The molecule has 0 saturated carbocycles. The standard InChI is InChI=1S/C17H28N2/c1-13-6-7-16(15(3)14(13)2)8-11-18-12-9-17-5-4-10-19-17/h6-7,17-19H,4-5,8-12H2,1-3H3. The average Bonchev–Trinajstić information content (AvgIpc) is 2.91. The molecule has 0 radical (unpaired) electrons. The van der Waals surface area contributed by atoms with Gasteiger partial charge in [-0.05, 0) is 88.3 Å². The van der Waals surface area contributed by atoms with Gasteiger partial charge >= 0.3 is 0 Å². The molecule has 1 aromatic carbocycles. The van der Waals surface area contributed by atoms with Crippen LogP contribution in [0.2, 0.25) is 0 Å². The molecule has 1 fully saturated rings. The number of benzene rings is 1. The fraction of sp³-hybridized carbons (Fsp3) is 0.647. The van der Waals surface area contributed by atoms with Gasteiger partial charge in [-0.25, -0.2) is 0 Å². The first-order valence-corrected chi connectivity index (χ1v) is 7.68. The molecule has 1 heterocycles. The predicted molar refractivity (Wildman–Crippen MR) is 82.9 cm³/mol. The molecule has 2 heteroatoms. The molecule has 0 spiro atoms. The second-order valence-electron chi connectivity index (χ2n) is 5.87. The van der Waals surface area contributed by atoms with Gasteiger partial charge < -0.3 is 10.6 Å². The lowest BCUT2D eigenvalue weighted by atomic mass is 9.97. The summed E-state index contributed by atoms with van der Waals surface area (Å²) in [4.78, 5) is 0. The van der Waals surface area contributed by atoms with Crippen LogP contribution in [0.4, 0.5) is 0 Å². The minimum atomic E-state index is 0.760. The zero-order valence-electron chi connectivity index (χ0n) is 12.7. The Bertz CT molecular complexity index is 406. The van der Waals surface area contributed by atoms with Gasteiger partial charge in [0.1, 0.15) is 0 Å². The van der Waals surface area contributed by atoms with E-state index < -0.39 is 0 Å². The lowest BCUT2D eigenvalue weighted by Gasteiger charge is -2.13. The highest BCUT2D eigenvalue weighted by Crippen LogP contribution is 2.17. The molecule has 1 aromatic rings. The van der Waals surface area contributed by atoms with Crippen molar-refractivity contribution >= 4 is 0 Å². The van der Waals surface area contributed by atoms with Crippen LogP contribution in [0.1, 0.15) is 41.5 Å². The first-order chi connectivity index (χ1) is 9.18. The fourth-order valence-corrected chi connectivity index (χ4v) is 2.91. The molecule has 0 aliphatic carbocycles. The van der Waals surface area contributed by atoms with Crippen molar-refractivity contribution in [2.24, 2.45) is 0 Å². The van der Waals surface area contributed by atoms with E-state index in [1.165, 1.54) is 48.1 Å². The van der Waals surface area contributed by atoms with Crippen LogP contribution in [-0.4, -0.2) is 25.7 Å². The number of hydrogen-bond donors (Lipinski definition) is 2. The van der Waals surface area contributed by atoms with Crippen molar-refractivity contribution in [1.82, 2.24) is 10.6 Å². The number of nitrogens with one attached hydrogen (secondary N) is 2. The molecule has 0 bridgehead atoms. The van der Waals surface area contributed by atoms with E-state index in [0.717, 1.165) is 25.6 Å². The Hall–Kier alpha value is -0.860. The van der Waals surface area contributed by atoms with Crippen molar-refractivity contribution in [1.29, 1.82) is 0 Å². The van der Waals surface area contributed by atoms with Gasteiger partial charge in [-0.1, -0.05) is 12.1 Å². The summed E-state index contributed by atoms with van der Waals surface area (Å²) >= 11 is 0. The highest BCUT2D eigenvalue weighted by atomic mass is 14.9. The Morgan fingerprint density at radius 3 is 2.74 bits per heavy atom. The Morgan fingerprint density at radius 2 is 2.00 bits per heavy atom. The van der Waals surface area contributed by atoms with Gasteiger partial charge in [0.2, 0.25) is 0 Å². The minimum Gasteiger partial charge on any atom is -0.316 e. The van der Waals surface area contributed by atoms with Crippen molar-refractivity contribution in [3.05, 3.63) is 34.4 Å². The largest absolute Gasteiger partial charge is 0.316 e. The molecular weight excluding hydrogens is 232 g/mol. The van der Waals surface area contributed by atoms with E-state index in [-0.39, 0.29) is 0 Å². The molecule has 0 amide bonds. The molecule has 1 aliphatic heterocycles. The molecule has 1 atom stereocenters. The molecule has 2 N–H and O–H groups in total. The van der Waals surface area contributed by atoms with E-state index >= 15 is 0 Å². The fourth-order valence-electron chi connectivity index (χ4n) is 2.91. The van der Waals surface area contributed by atoms with Gasteiger partial charge in [0.15, 0.2) is 0 Å². The van der Waals surface area contributed by atoms with Crippen molar-refractivity contribution in [2.75, 3.05) is 19.6 Å². The third-order valence-electron chi connectivity index (χ3n) is 4.57. The van der Waals surface area contributed by atoms with E-state index in [2.05, 4.69) is 43.5 Å². The quantitative estimate of drug-likeness (QED) is 0.769. The molecule has 19 heavy (non-hydrogen) atoms. The van der Waals surface area contributed by atoms with E-state index in [1.807, 2.05) is 0 Å². The van der Waals surface area contributed by atoms with Crippen LogP contribution in [0.15, 0.2) is 12.1 Å². The van der Waals surface area contributed by atoms with Crippen LogP contribution < -0.4 is 10.6 Å². The van der Waals surface area contributed by atoms with Crippen molar-refractivity contribution in [3.8, 4) is 0 Å². The van der Waals surface area contributed by atoms with Crippen LogP contribution in [0, 0.1) is 20.8 Å². The molecular formula is C17H28N2. The maximum absolute atomic E-state index is 3.58. The third kappa shape index (κ3) is 4.05. The second kappa shape index (κ2) is 7.06. The summed E-state index contributed by atoms with van der Waals surface area (Å²) in [7, 11) is 0. The number of hydrogen-bond acceptors (Lipinski definition) is 2. The molecule has 2 nitrogen and oxygen atoms in total. The van der Waals surface area contributed by atoms with E-state index in [0.29, 0.717) is 0 Å². The van der Waals surface area contributed by atoms with Crippen LogP contribution in [0.25, 0.3) is 0 Å². The van der Waals surface area contributed by atoms with Gasteiger partial charge in [-0.3, -0.25) is 0 Å². The van der Waals surface area contributed by atoms with Crippen LogP contribution in [-0.2, 0) is 6.42 Å². The molecule has 1 unspecified atom stereocenters. The zero-order chi connectivity index (χ0) is 13.7. The summed E-state index contributed by atoms with van der Waals surface area (Å²) in [5.41, 5.74) is 5.82. The maximum atomic E-state index is 3.58. The topological polar surface area (TPSA) is 24.1 Å². The highest BCUT2D eigenvalue weighted by Gasteiger charge is 2.12. The summed E-state index contributed by atoms with van der Waals surface area (Å²) in [6.07, 6.45) is 5.13. The van der Waals surface area contributed by atoms with Crippen LogP contribution in [0.5, 0.6) is 0 Å². The summed E-state index contributed by atoms with van der Waals surface area (Å²) in [6, 6.07) is 5.30. The van der Waals surface area contributed by atoms with Gasteiger partial charge in [0.25, 0.3) is 0 Å². The first kappa shape index (κ1) is 14.5. The molecule has 106 valence electrons. The lowest BCUT2D eigenvalue weighted by molar-refractivity contribution is 0.525. The molecule has 1 saturated heterocycles. The normalized spacial score (nSPS) is 19.0. The molecule has 2 rings (SSSR count). The van der Waals surface area contributed by atoms with Crippen LogP contribution in [0.3, 0.4) is 0 Å².